The van der Waals surface area contributed by atoms with Crippen molar-refractivity contribution in [3.8, 4) is 28.7 Å². The number of phenolic OH excluding ortho intramolecular Hbond substituents is 3. The van der Waals surface area contributed by atoms with Crippen molar-refractivity contribution >= 4 is 40.3 Å². The largest absolute Gasteiger partial charge is 0.507 e. The number of Topliss-reactive ketones (excluding diaryl/α,β-unsaturated/α-hetero) is 1. The number of aromatic hydroxyl groups is 3. The van der Waals surface area contributed by atoms with Crippen molar-refractivity contribution in [1.82, 2.24) is 0 Å². The zero-order valence-electron chi connectivity index (χ0n) is 36.2. The highest BCUT2D eigenvalue weighted by atomic mass is 16.7. The Kier molecular flexibility index (Phi) is 14.9. The molecule has 16 nitrogen and oxygen atoms in total. The first-order chi connectivity index (χ1) is 29.3. The van der Waals surface area contributed by atoms with Gasteiger partial charge in [0.2, 0.25) is 0 Å². The number of hydrogen-bond acceptors (Lipinski definition) is 15. The minimum absolute atomic E-state index is 0.0183. The molecule has 0 aliphatic carbocycles. The van der Waals surface area contributed by atoms with E-state index in [4.69, 9.17) is 28.5 Å². The first kappa shape index (κ1) is 47.0. The number of fused-ring (bicyclic) bond motifs is 14. The number of allylic oxidation sites excluding steroid dienone is 2. The number of carbonyl (C=O) groups is 3. The van der Waals surface area contributed by atoms with Gasteiger partial charge in [-0.15, -0.1) is 0 Å². The van der Waals surface area contributed by atoms with Crippen molar-refractivity contribution in [2.24, 2.45) is 28.8 Å². The average molecular weight is 861 g/mol. The van der Waals surface area contributed by atoms with E-state index < -0.39 is 88.8 Å². The van der Waals surface area contributed by atoms with Crippen LogP contribution < -0.4 is 14.8 Å². The van der Waals surface area contributed by atoms with Gasteiger partial charge in [0.1, 0.15) is 35.7 Å². The Morgan fingerprint density at radius 2 is 1.61 bits per heavy atom. The van der Waals surface area contributed by atoms with Crippen molar-refractivity contribution in [3.63, 3.8) is 0 Å². The maximum atomic E-state index is 14.4. The van der Waals surface area contributed by atoms with Crippen LogP contribution in [0.2, 0.25) is 0 Å². The van der Waals surface area contributed by atoms with E-state index in [1.165, 1.54) is 53.2 Å². The molecule has 1 amide bonds. The predicted octanol–water partition coefficient (Wildman–Crippen LogP) is 6.18. The lowest BCUT2D eigenvalue weighted by molar-refractivity contribution is -0.160. The number of phenols is 3. The number of nitrogens with one attached hydrogen (secondary N) is 1. The van der Waals surface area contributed by atoms with E-state index in [9.17, 15) is 39.9 Å². The number of hydrogen-bond donors (Lipinski definition) is 6. The second-order valence-corrected chi connectivity index (χ2v) is 15.8. The average Bonchev–Trinajstić information content (AvgIpc) is 3.51. The van der Waals surface area contributed by atoms with Crippen molar-refractivity contribution in [3.05, 3.63) is 83.2 Å². The maximum Gasteiger partial charge on any atom is 0.312 e. The van der Waals surface area contributed by atoms with Crippen LogP contribution in [0, 0.1) is 30.6 Å². The van der Waals surface area contributed by atoms with Crippen molar-refractivity contribution in [2.45, 2.75) is 85.6 Å². The number of esters is 1. The van der Waals surface area contributed by atoms with Crippen LogP contribution in [0.1, 0.15) is 70.0 Å². The smallest absolute Gasteiger partial charge is 0.312 e. The molecule has 3 aliphatic heterocycles. The molecule has 0 spiro atoms. The molecule has 0 unspecified atom stereocenters. The molecule has 3 heterocycles. The number of nitrogens with zero attached hydrogens (tertiary/aromatic N) is 1. The fourth-order valence-electron chi connectivity index (χ4n) is 7.73. The van der Waals surface area contributed by atoms with Crippen LogP contribution in [0.3, 0.4) is 0 Å². The highest BCUT2D eigenvalue weighted by molar-refractivity contribution is 6.23. The molecule has 0 aromatic heterocycles. The quantitative estimate of drug-likeness (QED) is 0.0371. The molecule has 334 valence electrons. The minimum atomic E-state index is -2.08. The van der Waals surface area contributed by atoms with E-state index in [1.807, 2.05) is 18.2 Å². The van der Waals surface area contributed by atoms with Gasteiger partial charge in [-0.3, -0.25) is 14.4 Å². The lowest BCUT2D eigenvalue weighted by Gasteiger charge is -2.38. The lowest BCUT2D eigenvalue weighted by Crippen LogP contribution is -2.46. The van der Waals surface area contributed by atoms with Crippen LogP contribution in [0.25, 0.3) is 10.8 Å². The standard InChI is InChI=1S/C46H56N2O14/c1-23-14-13-15-24(2)45(56)48-36-31(22-47-60-21-20-58-30-16-11-10-12-17-30)40(53)33-34(41(36)54)39(52)28(6)43-35(33)44(55)46(8,62-43)59-19-18-32(57-9)25(3)42(61-29(7)49)27(5)38(51)26(4)37(23)50/h10-19,22-23,25-27,32,37-38,42,50-54H,20-21H2,1-9H3,(H,48,56)/b14-13-,19-18?,24-15-,47-22+/t23-,25+,26+,27+,32-,37-,38+,42+,46-/m0/s1. The summed E-state index contributed by atoms with van der Waals surface area (Å²) >= 11 is 0. The van der Waals surface area contributed by atoms with E-state index >= 15 is 0 Å². The molecule has 62 heavy (non-hydrogen) atoms. The van der Waals surface area contributed by atoms with E-state index in [0.29, 0.717) is 5.75 Å². The molecule has 0 radical (unpaired) electrons. The van der Waals surface area contributed by atoms with Gasteiger partial charge in [0.05, 0.1) is 53.0 Å². The summed E-state index contributed by atoms with van der Waals surface area (Å²) in [6.45, 7) is 12.4. The Bertz CT molecular complexity index is 2270. The van der Waals surface area contributed by atoms with Crippen LogP contribution in [0.15, 0.2) is 71.6 Å². The number of rotatable bonds is 8. The molecular formula is C46H56N2O14. The highest BCUT2D eigenvalue weighted by Crippen LogP contribution is 2.55. The number of anilines is 1. The molecule has 9 atom stereocenters. The first-order valence-corrected chi connectivity index (χ1v) is 20.3. The highest BCUT2D eigenvalue weighted by Gasteiger charge is 2.50. The van der Waals surface area contributed by atoms with E-state index in [2.05, 4.69) is 10.5 Å². The second-order valence-electron chi connectivity index (χ2n) is 15.8. The summed E-state index contributed by atoms with van der Waals surface area (Å²) in [5.74, 6) is -8.24. The van der Waals surface area contributed by atoms with Gasteiger partial charge >= 0.3 is 11.8 Å². The number of oxime groups is 1. The third-order valence-electron chi connectivity index (χ3n) is 11.5. The van der Waals surface area contributed by atoms with E-state index in [-0.39, 0.29) is 57.7 Å². The molecule has 0 fully saturated rings. The third kappa shape index (κ3) is 9.67. The van der Waals surface area contributed by atoms with Crippen molar-refractivity contribution in [1.29, 1.82) is 0 Å². The molecule has 0 saturated heterocycles. The summed E-state index contributed by atoms with van der Waals surface area (Å²) in [5, 5.41) is 64.1. The van der Waals surface area contributed by atoms with Gasteiger partial charge in [0, 0.05) is 61.2 Å². The first-order valence-electron chi connectivity index (χ1n) is 20.3. The number of para-hydroxylation sites is 1. The zero-order valence-corrected chi connectivity index (χ0v) is 36.2. The Labute approximate surface area is 360 Å². The van der Waals surface area contributed by atoms with Crippen molar-refractivity contribution < 1.29 is 68.4 Å². The topological polar surface area (TPSA) is 232 Å². The third-order valence-corrected chi connectivity index (χ3v) is 11.5. The maximum absolute atomic E-state index is 14.4. The number of methoxy groups -OCH3 is 1. The molecule has 6 rings (SSSR count). The number of carbonyl (C=O) groups excluding carboxylic acids is 3. The lowest BCUT2D eigenvalue weighted by atomic mass is 9.78. The Morgan fingerprint density at radius 1 is 0.919 bits per heavy atom. The van der Waals surface area contributed by atoms with Crippen molar-refractivity contribution in [2.75, 3.05) is 25.6 Å². The van der Waals surface area contributed by atoms with Gasteiger partial charge in [-0.25, -0.2) is 0 Å². The van der Waals surface area contributed by atoms with Gasteiger partial charge in [0.25, 0.3) is 11.7 Å². The summed E-state index contributed by atoms with van der Waals surface area (Å²) in [6, 6.07) is 8.99. The van der Waals surface area contributed by atoms with Gasteiger partial charge in [-0.2, -0.15) is 0 Å². The van der Waals surface area contributed by atoms with Crippen LogP contribution >= 0.6 is 0 Å². The number of aliphatic hydroxyl groups is 2. The van der Waals surface area contributed by atoms with Crippen LogP contribution in [-0.2, 0) is 28.6 Å². The van der Waals surface area contributed by atoms with Crippen LogP contribution in [0.4, 0.5) is 5.69 Å². The summed E-state index contributed by atoms with van der Waals surface area (Å²) < 4.78 is 29.2. The SMILES string of the molecule is CO[C@H]1C=CO[C@@]2(C)Oc3c(C)c(O)c4c(O)c(c(/C=N/OCCOc5ccccc5)c(O)c4c3C2=O)NC(=O)/C(C)=C\C=C/[C@H](C)[C@H](O)[C@@H](C)[C@@H](O)[C@@H](C)[C@H](OC(C)=O)[C@@H]1C. The predicted molar refractivity (Wildman–Crippen MR) is 229 cm³/mol. The second kappa shape index (κ2) is 19.7. The molecule has 3 aromatic carbocycles. The van der Waals surface area contributed by atoms with E-state index in [0.717, 1.165) is 6.21 Å². The number of amides is 1. The summed E-state index contributed by atoms with van der Waals surface area (Å²) in [7, 11) is 1.42. The minimum Gasteiger partial charge on any atom is -0.507 e. The van der Waals surface area contributed by atoms with Gasteiger partial charge < -0.3 is 59.4 Å². The molecule has 3 aliphatic rings. The van der Waals surface area contributed by atoms with Crippen LogP contribution in [0.5, 0.6) is 28.7 Å². The molecule has 0 saturated carbocycles. The Morgan fingerprint density at radius 3 is 2.27 bits per heavy atom. The summed E-state index contributed by atoms with van der Waals surface area (Å²) in [5.41, 5.74) is -0.742. The normalized spacial score (nSPS) is 28.5. The Hall–Kier alpha value is -6.10. The monoisotopic (exact) mass is 860 g/mol. The molecule has 6 N–H and O–H groups in total. The Balaban J connectivity index is 1.64. The van der Waals surface area contributed by atoms with Gasteiger partial charge in [0.15, 0.2) is 12.4 Å². The molecule has 3 aromatic rings. The van der Waals surface area contributed by atoms with Gasteiger partial charge in [-0.1, -0.05) is 69.3 Å². The van der Waals surface area contributed by atoms with E-state index in [1.54, 1.807) is 52.0 Å². The zero-order chi connectivity index (χ0) is 45.6. The number of ketones is 1. The molecular weight excluding hydrogens is 805 g/mol. The number of ether oxygens (including phenoxy) is 5. The van der Waals surface area contributed by atoms with Gasteiger partial charge in [-0.05, 0) is 32.1 Å². The fourth-order valence-corrected chi connectivity index (χ4v) is 7.73. The number of benzene rings is 3. The summed E-state index contributed by atoms with van der Waals surface area (Å²) in [4.78, 5) is 45.9. The number of aliphatic hydroxyl groups excluding tert-OH is 2. The molecule has 5 bridgehead atoms. The summed E-state index contributed by atoms with van der Waals surface area (Å²) in [6.07, 6.45) is 4.39. The fraction of sp³-hybridized carbons (Fsp3) is 0.435. The van der Waals surface area contributed by atoms with Crippen LogP contribution in [-0.4, -0.2) is 99.9 Å². The molecule has 16 heteroatoms.